The Morgan fingerprint density at radius 2 is 2.00 bits per heavy atom. The number of rotatable bonds is 7. The zero-order valence-corrected chi connectivity index (χ0v) is 11.2. The molecule has 0 saturated carbocycles. The molecule has 0 heterocycles. The molecule has 0 fully saturated rings. The number of hydrogen-bond donors (Lipinski definition) is 2. The van der Waals surface area contributed by atoms with Gasteiger partial charge in [0.1, 0.15) is 0 Å². The predicted molar refractivity (Wildman–Crippen MR) is 73.2 cm³/mol. The number of amides is 1. The van der Waals surface area contributed by atoms with Crippen molar-refractivity contribution in [2.24, 2.45) is 5.92 Å². The molecule has 1 unspecified atom stereocenters. The van der Waals surface area contributed by atoms with Gasteiger partial charge in [-0.2, -0.15) is 0 Å². The lowest BCUT2D eigenvalue weighted by Gasteiger charge is -2.17. The smallest absolute Gasteiger partial charge is 0.220 e. The van der Waals surface area contributed by atoms with Crippen LogP contribution in [0.25, 0.3) is 0 Å². The van der Waals surface area contributed by atoms with Crippen LogP contribution < -0.4 is 5.32 Å². The SMILES string of the molecule is CCC(C)CC(=O)N[C@@H](CO)Cc1ccccc1. The summed E-state index contributed by atoms with van der Waals surface area (Å²) in [4.78, 5) is 11.7. The minimum atomic E-state index is -0.191. The van der Waals surface area contributed by atoms with E-state index >= 15 is 0 Å². The molecular weight excluding hydrogens is 226 g/mol. The fourth-order valence-electron chi connectivity index (χ4n) is 1.81. The maximum absolute atomic E-state index is 11.7. The van der Waals surface area contributed by atoms with Crippen LogP contribution >= 0.6 is 0 Å². The van der Waals surface area contributed by atoms with E-state index in [9.17, 15) is 9.90 Å². The zero-order chi connectivity index (χ0) is 13.4. The minimum Gasteiger partial charge on any atom is -0.394 e. The molecule has 3 heteroatoms. The van der Waals surface area contributed by atoms with Crippen LogP contribution in [-0.4, -0.2) is 23.7 Å². The molecule has 18 heavy (non-hydrogen) atoms. The second kappa shape index (κ2) is 7.88. The molecule has 3 nitrogen and oxygen atoms in total. The molecule has 0 aliphatic rings. The molecule has 1 amide bonds. The first kappa shape index (κ1) is 14.7. The normalized spacial score (nSPS) is 13.9. The van der Waals surface area contributed by atoms with Gasteiger partial charge in [0.25, 0.3) is 0 Å². The van der Waals surface area contributed by atoms with E-state index in [1.54, 1.807) is 0 Å². The van der Waals surface area contributed by atoms with Crippen LogP contribution in [0.3, 0.4) is 0 Å². The molecule has 2 N–H and O–H groups in total. The molecule has 0 bridgehead atoms. The van der Waals surface area contributed by atoms with E-state index in [4.69, 9.17) is 0 Å². The number of benzene rings is 1. The van der Waals surface area contributed by atoms with Crippen LogP contribution in [0.5, 0.6) is 0 Å². The topological polar surface area (TPSA) is 49.3 Å². The molecule has 0 saturated heterocycles. The van der Waals surface area contributed by atoms with E-state index in [1.165, 1.54) is 0 Å². The maximum atomic E-state index is 11.7. The van der Waals surface area contributed by atoms with Gasteiger partial charge in [-0.1, -0.05) is 50.6 Å². The Morgan fingerprint density at radius 1 is 1.33 bits per heavy atom. The van der Waals surface area contributed by atoms with Crippen molar-refractivity contribution in [3.63, 3.8) is 0 Å². The fraction of sp³-hybridized carbons (Fsp3) is 0.533. The van der Waals surface area contributed by atoms with Gasteiger partial charge in [0.15, 0.2) is 0 Å². The van der Waals surface area contributed by atoms with E-state index in [-0.39, 0.29) is 18.6 Å². The van der Waals surface area contributed by atoms with E-state index in [0.29, 0.717) is 18.8 Å². The van der Waals surface area contributed by atoms with Crippen molar-refractivity contribution in [3.8, 4) is 0 Å². The number of carbonyl (C=O) groups excluding carboxylic acids is 1. The summed E-state index contributed by atoms with van der Waals surface area (Å²) >= 11 is 0. The average Bonchev–Trinajstić information content (AvgIpc) is 2.38. The van der Waals surface area contributed by atoms with Crippen LogP contribution in [0, 0.1) is 5.92 Å². The molecule has 1 aromatic carbocycles. The summed E-state index contributed by atoms with van der Waals surface area (Å²) in [5.74, 6) is 0.417. The number of aliphatic hydroxyl groups excluding tert-OH is 1. The van der Waals surface area contributed by atoms with E-state index in [2.05, 4.69) is 19.2 Å². The van der Waals surface area contributed by atoms with Crippen molar-refractivity contribution in [3.05, 3.63) is 35.9 Å². The summed E-state index contributed by atoms with van der Waals surface area (Å²) in [5.41, 5.74) is 1.13. The van der Waals surface area contributed by atoms with Crippen molar-refractivity contribution in [2.45, 2.75) is 39.2 Å². The standard InChI is InChI=1S/C15H23NO2/c1-3-12(2)9-15(18)16-14(11-17)10-13-7-5-4-6-8-13/h4-8,12,14,17H,3,9-11H2,1-2H3,(H,16,18)/t12?,14-/m1/s1. The molecule has 0 aliphatic carbocycles. The highest BCUT2D eigenvalue weighted by molar-refractivity contribution is 5.76. The van der Waals surface area contributed by atoms with Crippen LogP contribution in [-0.2, 0) is 11.2 Å². The summed E-state index contributed by atoms with van der Waals surface area (Å²) in [6.07, 6.45) is 2.20. The summed E-state index contributed by atoms with van der Waals surface area (Å²) < 4.78 is 0. The third-order valence-corrected chi connectivity index (χ3v) is 3.14. The van der Waals surface area contributed by atoms with Gasteiger partial charge in [0.05, 0.1) is 12.6 Å². The quantitative estimate of drug-likeness (QED) is 0.778. The van der Waals surface area contributed by atoms with Gasteiger partial charge >= 0.3 is 0 Å². The lowest BCUT2D eigenvalue weighted by Crippen LogP contribution is -2.39. The highest BCUT2D eigenvalue weighted by Crippen LogP contribution is 2.07. The molecule has 1 rings (SSSR count). The van der Waals surface area contributed by atoms with Gasteiger partial charge in [-0.3, -0.25) is 4.79 Å². The number of carbonyl (C=O) groups is 1. The summed E-state index contributed by atoms with van der Waals surface area (Å²) in [6, 6.07) is 9.70. The second-order valence-electron chi connectivity index (χ2n) is 4.85. The Morgan fingerprint density at radius 3 is 2.56 bits per heavy atom. The Balaban J connectivity index is 2.45. The van der Waals surface area contributed by atoms with Crippen molar-refractivity contribution in [2.75, 3.05) is 6.61 Å². The van der Waals surface area contributed by atoms with Gasteiger partial charge in [-0.05, 0) is 17.9 Å². The highest BCUT2D eigenvalue weighted by Gasteiger charge is 2.13. The molecule has 2 atom stereocenters. The molecule has 0 aliphatic heterocycles. The predicted octanol–water partition coefficient (Wildman–Crippen LogP) is 2.14. The monoisotopic (exact) mass is 249 g/mol. The van der Waals surface area contributed by atoms with Crippen LogP contribution in [0.15, 0.2) is 30.3 Å². The van der Waals surface area contributed by atoms with Crippen LogP contribution in [0.2, 0.25) is 0 Å². The van der Waals surface area contributed by atoms with E-state index in [0.717, 1.165) is 12.0 Å². The highest BCUT2D eigenvalue weighted by atomic mass is 16.3. The molecule has 0 spiro atoms. The number of aliphatic hydroxyl groups is 1. The van der Waals surface area contributed by atoms with E-state index < -0.39 is 0 Å². The Bertz CT molecular complexity index is 351. The largest absolute Gasteiger partial charge is 0.394 e. The van der Waals surface area contributed by atoms with Gasteiger partial charge in [-0.25, -0.2) is 0 Å². The molecule has 100 valence electrons. The van der Waals surface area contributed by atoms with Gasteiger partial charge in [0.2, 0.25) is 5.91 Å². The summed E-state index contributed by atoms with van der Waals surface area (Å²) in [7, 11) is 0. The first-order valence-electron chi connectivity index (χ1n) is 6.59. The van der Waals surface area contributed by atoms with Crippen molar-refractivity contribution >= 4 is 5.91 Å². The molecule has 1 aromatic rings. The zero-order valence-electron chi connectivity index (χ0n) is 11.2. The van der Waals surface area contributed by atoms with Crippen molar-refractivity contribution < 1.29 is 9.90 Å². The summed E-state index contributed by atoms with van der Waals surface area (Å²) in [5, 5.41) is 12.2. The van der Waals surface area contributed by atoms with Crippen molar-refractivity contribution in [1.82, 2.24) is 5.32 Å². The summed E-state index contributed by atoms with van der Waals surface area (Å²) in [6.45, 7) is 4.11. The Kier molecular flexibility index (Phi) is 6.44. The van der Waals surface area contributed by atoms with Gasteiger partial charge in [0, 0.05) is 6.42 Å². The molecule has 0 radical (unpaired) electrons. The van der Waals surface area contributed by atoms with Crippen molar-refractivity contribution in [1.29, 1.82) is 0 Å². The Hall–Kier alpha value is -1.35. The molecule has 0 aromatic heterocycles. The lowest BCUT2D eigenvalue weighted by atomic mass is 10.0. The third-order valence-electron chi connectivity index (χ3n) is 3.14. The van der Waals surface area contributed by atoms with Gasteiger partial charge < -0.3 is 10.4 Å². The molecular formula is C15H23NO2. The third kappa shape index (κ3) is 5.32. The first-order chi connectivity index (χ1) is 8.65. The minimum absolute atomic E-state index is 0.0266. The fourth-order valence-corrected chi connectivity index (χ4v) is 1.81. The maximum Gasteiger partial charge on any atom is 0.220 e. The van der Waals surface area contributed by atoms with Gasteiger partial charge in [-0.15, -0.1) is 0 Å². The van der Waals surface area contributed by atoms with Crippen LogP contribution in [0.1, 0.15) is 32.3 Å². The average molecular weight is 249 g/mol. The second-order valence-corrected chi connectivity index (χ2v) is 4.85. The number of nitrogens with one attached hydrogen (secondary N) is 1. The van der Waals surface area contributed by atoms with Crippen LogP contribution in [0.4, 0.5) is 0 Å². The Labute approximate surface area is 109 Å². The first-order valence-corrected chi connectivity index (χ1v) is 6.59. The number of hydrogen-bond acceptors (Lipinski definition) is 2. The van der Waals surface area contributed by atoms with E-state index in [1.807, 2.05) is 30.3 Å². The lowest BCUT2D eigenvalue weighted by molar-refractivity contribution is -0.122.